The minimum Gasteiger partial charge on any atom is -0.431 e. The van der Waals surface area contributed by atoms with Crippen molar-refractivity contribution < 1.29 is 17.6 Å². The number of hydrogen-bond acceptors (Lipinski definition) is 6. The second kappa shape index (κ2) is 6.23. The molecule has 0 atom stereocenters. The normalized spacial score (nSPS) is 11.5. The van der Waals surface area contributed by atoms with Crippen molar-refractivity contribution in [3.63, 3.8) is 0 Å². The van der Waals surface area contributed by atoms with Crippen molar-refractivity contribution in [3.8, 4) is 0 Å². The fourth-order valence-electron chi connectivity index (χ4n) is 1.82. The van der Waals surface area contributed by atoms with E-state index in [-0.39, 0.29) is 15.1 Å². The Hall–Kier alpha value is -2.03. The molecule has 2 aromatic carbocycles. The number of amides is 1. The van der Waals surface area contributed by atoms with E-state index < -0.39 is 15.3 Å². The van der Waals surface area contributed by atoms with Gasteiger partial charge in [0.1, 0.15) is 10.4 Å². The number of sulfonamides is 1. The third kappa shape index (κ3) is 3.49. The molecule has 1 amide bonds. The summed E-state index contributed by atoms with van der Waals surface area (Å²) in [7, 11) is -4.06. The van der Waals surface area contributed by atoms with Crippen LogP contribution in [0.2, 0.25) is 5.02 Å². The first-order chi connectivity index (χ1) is 11.0. The average molecular weight is 369 g/mol. The van der Waals surface area contributed by atoms with Gasteiger partial charge in [0.15, 0.2) is 5.58 Å². The molecule has 1 heterocycles. The van der Waals surface area contributed by atoms with E-state index in [1.807, 2.05) is 4.72 Å². The van der Waals surface area contributed by atoms with Crippen molar-refractivity contribution in [2.24, 2.45) is 0 Å². The predicted molar refractivity (Wildman–Crippen MR) is 87.0 cm³/mol. The molecule has 0 unspecified atom stereocenters. The fraction of sp³-hybridized carbons (Fsp3) is 0. The van der Waals surface area contributed by atoms with E-state index in [4.69, 9.17) is 16.0 Å². The van der Waals surface area contributed by atoms with E-state index in [9.17, 15) is 13.2 Å². The van der Waals surface area contributed by atoms with Gasteiger partial charge in [0.25, 0.3) is 15.2 Å². The van der Waals surface area contributed by atoms with Gasteiger partial charge in [-0.15, -0.1) is 0 Å². The van der Waals surface area contributed by atoms with Crippen molar-refractivity contribution in [2.45, 2.75) is 10.1 Å². The summed E-state index contributed by atoms with van der Waals surface area (Å²) in [5, 5.41) is -0.755. The molecule has 9 heteroatoms. The smallest absolute Gasteiger partial charge is 0.302 e. The molecule has 0 saturated carbocycles. The SMILES string of the molecule is O=C(NS(=O)(=O)c1ccccc1Cl)Sc1nc2ccccc2o1. The van der Waals surface area contributed by atoms with Crippen LogP contribution in [-0.2, 0) is 10.0 Å². The van der Waals surface area contributed by atoms with Crippen LogP contribution in [0.25, 0.3) is 11.1 Å². The number of oxazole rings is 1. The van der Waals surface area contributed by atoms with Gasteiger partial charge in [0.2, 0.25) is 0 Å². The van der Waals surface area contributed by atoms with Crippen LogP contribution in [0.3, 0.4) is 0 Å². The Labute approximate surface area is 140 Å². The maximum atomic E-state index is 12.1. The van der Waals surface area contributed by atoms with Gasteiger partial charge < -0.3 is 4.42 Å². The Kier molecular flexibility index (Phi) is 4.29. The number of hydrogen-bond donors (Lipinski definition) is 1. The van der Waals surface area contributed by atoms with Gasteiger partial charge >= 0.3 is 5.24 Å². The molecular weight excluding hydrogens is 360 g/mol. The Bertz CT molecular complexity index is 952. The Balaban J connectivity index is 1.77. The summed E-state index contributed by atoms with van der Waals surface area (Å²) in [6, 6.07) is 12.8. The van der Waals surface area contributed by atoms with Crippen LogP contribution in [0.4, 0.5) is 4.79 Å². The van der Waals surface area contributed by atoms with E-state index in [0.29, 0.717) is 22.9 Å². The predicted octanol–water partition coefficient (Wildman–Crippen LogP) is 3.67. The summed E-state index contributed by atoms with van der Waals surface area (Å²) < 4.78 is 31.6. The van der Waals surface area contributed by atoms with Crippen LogP contribution in [0.5, 0.6) is 0 Å². The first-order valence-corrected chi connectivity index (χ1v) is 8.98. The quantitative estimate of drug-likeness (QED) is 0.709. The lowest BCUT2D eigenvalue weighted by Crippen LogP contribution is -2.27. The maximum Gasteiger partial charge on any atom is 0.302 e. The second-order valence-corrected chi connectivity index (χ2v) is 7.36. The largest absolute Gasteiger partial charge is 0.431 e. The third-order valence-electron chi connectivity index (χ3n) is 2.80. The second-order valence-electron chi connectivity index (χ2n) is 4.37. The van der Waals surface area contributed by atoms with Crippen LogP contribution in [0.15, 0.2) is 63.1 Å². The summed E-state index contributed by atoms with van der Waals surface area (Å²) in [5.41, 5.74) is 1.09. The lowest BCUT2D eigenvalue weighted by molar-refractivity contribution is 0.264. The first-order valence-electron chi connectivity index (χ1n) is 6.30. The van der Waals surface area contributed by atoms with Crippen LogP contribution >= 0.6 is 23.4 Å². The number of halogens is 1. The number of carbonyl (C=O) groups excluding carboxylic acids is 1. The molecule has 0 bridgehead atoms. The molecule has 6 nitrogen and oxygen atoms in total. The van der Waals surface area contributed by atoms with E-state index in [1.165, 1.54) is 18.2 Å². The summed E-state index contributed by atoms with van der Waals surface area (Å²) in [5.74, 6) is 0. The highest BCUT2D eigenvalue weighted by Crippen LogP contribution is 2.25. The van der Waals surface area contributed by atoms with Gasteiger partial charge in [-0.2, -0.15) is 0 Å². The van der Waals surface area contributed by atoms with Gasteiger partial charge in [-0.25, -0.2) is 18.1 Å². The Morgan fingerprint density at radius 2 is 1.83 bits per heavy atom. The summed E-state index contributed by atoms with van der Waals surface area (Å²) in [6.07, 6.45) is 0. The van der Waals surface area contributed by atoms with Crippen molar-refractivity contribution in [2.75, 3.05) is 0 Å². The number of aromatic nitrogens is 1. The fourth-order valence-corrected chi connectivity index (χ4v) is 4.10. The average Bonchev–Trinajstić information content (AvgIpc) is 2.88. The molecule has 118 valence electrons. The Morgan fingerprint density at radius 3 is 2.57 bits per heavy atom. The van der Waals surface area contributed by atoms with Crippen molar-refractivity contribution in [1.82, 2.24) is 9.71 Å². The summed E-state index contributed by atoms with van der Waals surface area (Å²) in [4.78, 5) is 15.8. The molecule has 0 fully saturated rings. The van der Waals surface area contributed by atoms with Gasteiger partial charge in [-0.1, -0.05) is 35.9 Å². The monoisotopic (exact) mass is 368 g/mol. The Morgan fingerprint density at radius 1 is 1.13 bits per heavy atom. The van der Waals surface area contributed by atoms with E-state index in [1.54, 1.807) is 30.3 Å². The number of para-hydroxylation sites is 2. The number of rotatable bonds is 3. The molecule has 0 radical (unpaired) electrons. The molecule has 0 aliphatic carbocycles. The highest BCUT2D eigenvalue weighted by atomic mass is 35.5. The van der Waals surface area contributed by atoms with Gasteiger partial charge in [-0.05, 0) is 24.3 Å². The molecule has 0 aliphatic heterocycles. The molecule has 3 aromatic rings. The maximum absolute atomic E-state index is 12.1. The zero-order chi connectivity index (χ0) is 16.4. The zero-order valence-electron chi connectivity index (χ0n) is 11.4. The minimum atomic E-state index is -4.06. The third-order valence-corrected chi connectivity index (χ3v) is 5.39. The molecule has 0 spiro atoms. The lowest BCUT2D eigenvalue weighted by atomic mass is 10.3. The number of fused-ring (bicyclic) bond motifs is 1. The molecule has 1 aromatic heterocycles. The lowest BCUT2D eigenvalue weighted by Gasteiger charge is -2.06. The van der Waals surface area contributed by atoms with Crippen LogP contribution in [-0.4, -0.2) is 18.6 Å². The van der Waals surface area contributed by atoms with Gasteiger partial charge in [-0.3, -0.25) is 4.79 Å². The molecule has 1 N–H and O–H groups in total. The first kappa shape index (κ1) is 15.9. The number of thioether (sulfide) groups is 1. The molecule has 0 aliphatic rings. The molecule has 0 saturated heterocycles. The summed E-state index contributed by atoms with van der Waals surface area (Å²) in [6.45, 7) is 0. The van der Waals surface area contributed by atoms with Crippen molar-refractivity contribution in [1.29, 1.82) is 0 Å². The van der Waals surface area contributed by atoms with E-state index >= 15 is 0 Å². The summed E-state index contributed by atoms with van der Waals surface area (Å²) >= 11 is 6.38. The van der Waals surface area contributed by atoms with Crippen LogP contribution < -0.4 is 4.72 Å². The standard InChI is InChI=1S/C14H9ClN2O4S2/c15-9-5-1-4-8-12(9)23(19,20)17-13(18)22-14-16-10-6-2-3-7-11(10)21-14/h1-8H,(H,17,18). The number of nitrogens with zero attached hydrogens (tertiary/aromatic N) is 1. The van der Waals surface area contributed by atoms with Crippen LogP contribution in [0.1, 0.15) is 0 Å². The number of nitrogens with one attached hydrogen (secondary N) is 1. The van der Waals surface area contributed by atoms with Crippen molar-refractivity contribution >= 4 is 49.7 Å². The van der Waals surface area contributed by atoms with E-state index in [0.717, 1.165) is 0 Å². The van der Waals surface area contributed by atoms with Crippen molar-refractivity contribution in [3.05, 3.63) is 53.6 Å². The van der Waals surface area contributed by atoms with E-state index in [2.05, 4.69) is 4.98 Å². The zero-order valence-corrected chi connectivity index (χ0v) is 13.8. The van der Waals surface area contributed by atoms with Gasteiger partial charge in [0, 0.05) is 11.8 Å². The molecular formula is C14H9ClN2O4S2. The molecule has 23 heavy (non-hydrogen) atoms. The number of carbonyl (C=O) groups is 1. The number of benzene rings is 2. The minimum absolute atomic E-state index is 0.0275. The highest BCUT2D eigenvalue weighted by molar-refractivity contribution is 8.14. The molecule has 3 rings (SSSR count). The van der Waals surface area contributed by atoms with Crippen LogP contribution in [0, 0.1) is 0 Å². The highest BCUT2D eigenvalue weighted by Gasteiger charge is 2.22. The van der Waals surface area contributed by atoms with Gasteiger partial charge in [0.05, 0.1) is 5.02 Å². The topological polar surface area (TPSA) is 89.3 Å².